The van der Waals surface area contributed by atoms with Gasteiger partial charge in [-0.2, -0.15) is 0 Å². The van der Waals surface area contributed by atoms with Gasteiger partial charge in [-0.05, 0) is 49.2 Å². The lowest BCUT2D eigenvalue weighted by molar-refractivity contribution is -0.114. The van der Waals surface area contributed by atoms with Gasteiger partial charge in [0.2, 0.25) is 11.0 Å². The molecule has 2 N–H and O–H groups in total. The summed E-state index contributed by atoms with van der Waals surface area (Å²) < 4.78 is 6.75. The molecule has 28 heavy (non-hydrogen) atoms. The van der Waals surface area contributed by atoms with E-state index < -0.39 is 0 Å². The summed E-state index contributed by atoms with van der Waals surface area (Å²) in [5, 5.41) is 15.1. The second-order valence-electron chi connectivity index (χ2n) is 6.23. The maximum atomic E-state index is 11.2. The Morgan fingerprint density at radius 2 is 1.96 bits per heavy atom. The third-order valence-electron chi connectivity index (χ3n) is 3.75. The van der Waals surface area contributed by atoms with Gasteiger partial charge in [-0.15, -0.1) is 10.2 Å². The van der Waals surface area contributed by atoms with Crippen molar-refractivity contribution in [1.82, 2.24) is 10.2 Å². The zero-order valence-corrected chi connectivity index (χ0v) is 17.6. The van der Waals surface area contributed by atoms with Crippen molar-refractivity contribution in [1.29, 1.82) is 0 Å². The molecule has 6 nitrogen and oxygen atoms in total. The molecule has 0 saturated carbocycles. The highest BCUT2D eigenvalue weighted by Gasteiger charge is 2.07. The highest BCUT2D eigenvalue weighted by atomic mass is 32.2. The van der Waals surface area contributed by atoms with Gasteiger partial charge >= 0.3 is 0 Å². The second-order valence-corrected chi connectivity index (χ2v) is 8.55. The normalized spacial score (nSPS) is 10.5. The molecule has 1 amide bonds. The van der Waals surface area contributed by atoms with Crippen LogP contribution in [0.4, 0.5) is 16.5 Å². The fraction of sp³-hybridized carbons (Fsp3) is 0.250. The van der Waals surface area contributed by atoms with E-state index in [2.05, 4.69) is 46.0 Å². The van der Waals surface area contributed by atoms with Crippen molar-refractivity contribution >= 4 is 45.5 Å². The SMILES string of the molecule is CC(=O)Nc1cccc(Nc2nnc(SCCOc3cc(C)ccc3C)s2)c1. The van der Waals surface area contributed by atoms with Crippen LogP contribution in [0.3, 0.4) is 0 Å². The number of thioether (sulfide) groups is 1. The Bertz CT molecular complexity index is 959. The fourth-order valence-electron chi connectivity index (χ4n) is 2.46. The molecule has 1 heterocycles. The summed E-state index contributed by atoms with van der Waals surface area (Å²) in [5.74, 6) is 1.62. The Kier molecular flexibility index (Phi) is 6.89. The molecule has 0 aliphatic carbocycles. The average molecular weight is 415 g/mol. The Morgan fingerprint density at radius 3 is 2.79 bits per heavy atom. The van der Waals surface area contributed by atoms with Gasteiger partial charge in [0.05, 0.1) is 6.61 Å². The number of ether oxygens (including phenoxy) is 1. The third-order valence-corrected chi connectivity index (χ3v) is 5.69. The van der Waals surface area contributed by atoms with E-state index in [0.29, 0.717) is 11.7 Å². The van der Waals surface area contributed by atoms with Crippen molar-refractivity contribution in [3.05, 3.63) is 53.6 Å². The number of nitrogens with zero attached hydrogens (tertiary/aromatic N) is 2. The predicted octanol–water partition coefficient (Wildman–Crippen LogP) is 5.03. The average Bonchev–Trinajstić information content (AvgIpc) is 3.08. The number of aromatic nitrogens is 2. The smallest absolute Gasteiger partial charge is 0.221 e. The lowest BCUT2D eigenvalue weighted by Crippen LogP contribution is -2.05. The summed E-state index contributed by atoms with van der Waals surface area (Å²) in [7, 11) is 0. The monoisotopic (exact) mass is 414 g/mol. The van der Waals surface area contributed by atoms with Crippen LogP contribution < -0.4 is 15.4 Å². The van der Waals surface area contributed by atoms with Gasteiger partial charge in [0.25, 0.3) is 0 Å². The van der Waals surface area contributed by atoms with E-state index in [0.717, 1.165) is 32.8 Å². The minimum atomic E-state index is -0.102. The topological polar surface area (TPSA) is 76.1 Å². The zero-order valence-electron chi connectivity index (χ0n) is 16.0. The van der Waals surface area contributed by atoms with Crippen LogP contribution in [0.25, 0.3) is 0 Å². The molecule has 3 rings (SSSR count). The molecular weight excluding hydrogens is 392 g/mol. The molecule has 3 aromatic rings. The van der Waals surface area contributed by atoms with Gasteiger partial charge in [0, 0.05) is 24.1 Å². The minimum absolute atomic E-state index is 0.102. The van der Waals surface area contributed by atoms with E-state index in [-0.39, 0.29) is 5.91 Å². The molecule has 1 aromatic heterocycles. The van der Waals surface area contributed by atoms with Crippen molar-refractivity contribution in [2.24, 2.45) is 0 Å². The first kappa shape index (κ1) is 20.2. The first-order chi connectivity index (χ1) is 13.5. The second kappa shape index (κ2) is 9.57. The lowest BCUT2D eigenvalue weighted by Gasteiger charge is -2.09. The van der Waals surface area contributed by atoms with Gasteiger partial charge in [0.15, 0.2) is 4.34 Å². The molecule has 0 aliphatic rings. The van der Waals surface area contributed by atoms with Crippen LogP contribution in [-0.4, -0.2) is 28.5 Å². The van der Waals surface area contributed by atoms with E-state index in [1.165, 1.54) is 23.8 Å². The van der Waals surface area contributed by atoms with E-state index >= 15 is 0 Å². The standard InChI is InChI=1S/C20H22N4O2S2/c1-13-7-8-14(2)18(11-13)26-9-10-27-20-24-23-19(28-20)22-17-6-4-5-16(12-17)21-15(3)25/h4-8,11-12H,9-10H2,1-3H3,(H,21,25)(H,22,23). The van der Waals surface area contributed by atoms with Gasteiger partial charge < -0.3 is 15.4 Å². The fourth-order valence-corrected chi connectivity index (χ4v) is 4.12. The van der Waals surface area contributed by atoms with Crippen molar-refractivity contribution in [3.63, 3.8) is 0 Å². The first-order valence-electron chi connectivity index (χ1n) is 8.80. The lowest BCUT2D eigenvalue weighted by atomic mass is 10.1. The van der Waals surface area contributed by atoms with E-state index in [9.17, 15) is 4.79 Å². The number of carbonyl (C=O) groups excluding carboxylic acids is 1. The third kappa shape index (κ3) is 5.97. The summed E-state index contributed by atoms with van der Waals surface area (Å²) in [4.78, 5) is 11.2. The number of hydrogen-bond donors (Lipinski definition) is 2. The summed E-state index contributed by atoms with van der Waals surface area (Å²) in [6.07, 6.45) is 0. The minimum Gasteiger partial charge on any atom is -0.492 e. The number of aryl methyl sites for hydroxylation is 2. The molecular formula is C20H22N4O2S2. The molecule has 2 aromatic carbocycles. The van der Waals surface area contributed by atoms with Crippen LogP contribution >= 0.6 is 23.1 Å². The van der Waals surface area contributed by atoms with Crippen molar-refractivity contribution < 1.29 is 9.53 Å². The van der Waals surface area contributed by atoms with Gasteiger partial charge in [-0.1, -0.05) is 41.3 Å². The van der Waals surface area contributed by atoms with Crippen molar-refractivity contribution in [2.45, 2.75) is 25.1 Å². The molecule has 0 atom stereocenters. The summed E-state index contributed by atoms with van der Waals surface area (Å²) in [5.41, 5.74) is 3.91. The number of carbonyl (C=O) groups is 1. The molecule has 0 unspecified atom stereocenters. The molecule has 146 valence electrons. The summed E-state index contributed by atoms with van der Waals surface area (Å²) in [6.45, 7) is 6.20. The highest BCUT2D eigenvalue weighted by Crippen LogP contribution is 2.28. The van der Waals surface area contributed by atoms with Gasteiger partial charge in [0.1, 0.15) is 5.75 Å². The van der Waals surface area contributed by atoms with Crippen LogP contribution in [-0.2, 0) is 4.79 Å². The molecule has 8 heteroatoms. The number of rotatable bonds is 8. The van der Waals surface area contributed by atoms with Gasteiger partial charge in [-0.3, -0.25) is 4.79 Å². The Labute approximate surface area is 172 Å². The number of hydrogen-bond acceptors (Lipinski definition) is 7. The summed E-state index contributed by atoms with van der Waals surface area (Å²) >= 11 is 3.10. The van der Waals surface area contributed by atoms with Crippen molar-refractivity contribution in [3.8, 4) is 5.75 Å². The number of amides is 1. The molecule has 0 radical (unpaired) electrons. The summed E-state index contributed by atoms with van der Waals surface area (Å²) in [6, 6.07) is 13.7. The molecule has 0 spiro atoms. The highest BCUT2D eigenvalue weighted by molar-refractivity contribution is 8.01. The van der Waals surface area contributed by atoms with Crippen LogP contribution in [0.1, 0.15) is 18.1 Å². The van der Waals surface area contributed by atoms with Gasteiger partial charge in [-0.25, -0.2) is 0 Å². The van der Waals surface area contributed by atoms with E-state index in [4.69, 9.17) is 4.74 Å². The number of nitrogens with one attached hydrogen (secondary N) is 2. The van der Waals surface area contributed by atoms with Crippen molar-refractivity contribution in [2.75, 3.05) is 23.0 Å². The quantitative estimate of drug-likeness (QED) is 0.398. The first-order valence-corrected chi connectivity index (χ1v) is 10.6. The van der Waals surface area contributed by atoms with Crippen LogP contribution in [0.15, 0.2) is 46.8 Å². The van der Waals surface area contributed by atoms with Crippen LogP contribution in [0, 0.1) is 13.8 Å². The maximum absolute atomic E-state index is 11.2. The van der Waals surface area contributed by atoms with Crippen LogP contribution in [0.5, 0.6) is 5.75 Å². The number of benzene rings is 2. The molecule has 0 saturated heterocycles. The zero-order chi connectivity index (χ0) is 19.9. The molecule has 0 bridgehead atoms. The Hall–Kier alpha value is -2.58. The predicted molar refractivity (Wildman–Crippen MR) is 116 cm³/mol. The van der Waals surface area contributed by atoms with Crippen LogP contribution in [0.2, 0.25) is 0 Å². The largest absolute Gasteiger partial charge is 0.492 e. The van der Waals surface area contributed by atoms with E-state index in [1.807, 2.05) is 31.2 Å². The maximum Gasteiger partial charge on any atom is 0.221 e. The molecule has 0 aliphatic heterocycles. The molecule has 0 fully saturated rings. The Balaban J connectivity index is 1.49. The number of anilines is 3. The van der Waals surface area contributed by atoms with E-state index in [1.54, 1.807) is 11.8 Å². The Morgan fingerprint density at radius 1 is 1.14 bits per heavy atom.